The number of aromatic nitrogens is 6. The van der Waals surface area contributed by atoms with Gasteiger partial charge in [-0.25, -0.2) is 4.98 Å². The van der Waals surface area contributed by atoms with Crippen LogP contribution in [0.3, 0.4) is 0 Å². The second-order valence-corrected chi connectivity index (χ2v) is 8.32. The summed E-state index contributed by atoms with van der Waals surface area (Å²) in [5.74, 6) is 0.123. The quantitative estimate of drug-likeness (QED) is 0.416. The summed E-state index contributed by atoms with van der Waals surface area (Å²) in [6.07, 6.45) is 2.18. The normalized spacial score (nSPS) is 14.5. The van der Waals surface area contributed by atoms with Crippen molar-refractivity contribution >= 4 is 11.7 Å². The van der Waals surface area contributed by atoms with Crippen LogP contribution in [0.25, 0.3) is 22.6 Å². The average molecular weight is 479 g/mol. The number of halogens is 3. The third-order valence-corrected chi connectivity index (χ3v) is 5.79. The summed E-state index contributed by atoms with van der Waals surface area (Å²) in [5.41, 5.74) is 3.03. The SMILES string of the molecule is C[C@H](n1cnnc1-c1cccc(NC(=O)c2cc(-c3ccc(C4CC4)nc3)ccn2)n1)C(F)(F)F. The molecule has 4 aromatic heterocycles. The van der Waals surface area contributed by atoms with Gasteiger partial charge in [-0.05, 0) is 55.7 Å². The van der Waals surface area contributed by atoms with Crippen LogP contribution in [-0.4, -0.2) is 41.8 Å². The molecule has 1 saturated carbocycles. The zero-order chi connectivity index (χ0) is 24.6. The Bertz CT molecular complexity index is 1360. The standard InChI is InChI=1S/C24H20F3N7O/c1-14(24(25,26)27)34-13-30-33-22(34)19-3-2-4-21(31-19)32-23(35)20-11-16(9-10-28-20)17-7-8-18(29-12-17)15-5-6-15/h2-4,7-15H,5-6H2,1H3,(H,31,32,35)/t14-/m0/s1. The summed E-state index contributed by atoms with van der Waals surface area (Å²) in [6.45, 7) is 1.01. The first-order valence-corrected chi connectivity index (χ1v) is 11.0. The first-order valence-electron chi connectivity index (χ1n) is 11.0. The number of hydrogen-bond acceptors (Lipinski definition) is 6. The van der Waals surface area contributed by atoms with E-state index in [1.807, 2.05) is 12.1 Å². The summed E-state index contributed by atoms with van der Waals surface area (Å²) in [6, 6.07) is 10.2. The van der Waals surface area contributed by atoms with E-state index >= 15 is 0 Å². The van der Waals surface area contributed by atoms with E-state index in [0.717, 1.165) is 34.6 Å². The fourth-order valence-electron chi connectivity index (χ4n) is 3.61. The molecule has 1 N–H and O–H groups in total. The molecule has 5 rings (SSSR count). The summed E-state index contributed by atoms with van der Waals surface area (Å²) >= 11 is 0. The van der Waals surface area contributed by atoms with Crippen LogP contribution in [0.4, 0.5) is 19.0 Å². The van der Waals surface area contributed by atoms with Crippen LogP contribution in [0.1, 0.15) is 47.9 Å². The Morgan fingerprint density at radius 2 is 1.94 bits per heavy atom. The highest BCUT2D eigenvalue weighted by molar-refractivity contribution is 6.03. The van der Waals surface area contributed by atoms with Gasteiger partial charge in [-0.3, -0.25) is 14.8 Å². The third kappa shape index (κ3) is 4.88. The van der Waals surface area contributed by atoms with Crippen LogP contribution in [0, 0.1) is 0 Å². The topological polar surface area (TPSA) is 98.5 Å². The van der Waals surface area contributed by atoms with Gasteiger partial charge in [-0.15, -0.1) is 10.2 Å². The van der Waals surface area contributed by atoms with Gasteiger partial charge in [0.05, 0.1) is 0 Å². The lowest BCUT2D eigenvalue weighted by atomic mass is 10.1. The number of amides is 1. The van der Waals surface area contributed by atoms with E-state index in [1.54, 1.807) is 24.4 Å². The molecule has 4 heterocycles. The molecule has 1 aliphatic carbocycles. The van der Waals surface area contributed by atoms with Gasteiger partial charge in [0.2, 0.25) is 0 Å². The molecule has 0 bridgehead atoms. The van der Waals surface area contributed by atoms with E-state index in [0.29, 0.717) is 5.92 Å². The fraction of sp³-hybridized carbons (Fsp3) is 0.250. The van der Waals surface area contributed by atoms with Crippen molar-refractivity contribution in [1.29, 1.82) is 0 Å². The van der Waals surface area contributed by atoms with Crippen molar-refractivity contribution in [1.82, 2.24) is 29.7 Å². The summed E-state index contributed by atoms with van der Waals surface area (Å²) in [4.78, 5) is 25.8. The van der Waals surface area contributed by atoms with Gasteiger partial charge in [0.1, 0.15) is 29.6 Å². The maximum absolute atomic E-state index is 13.2. The van der Waals surface area contributed by atoms with Crippen molar-refractivity contribution in [2.75, 3.05) is 5.32 Å². The van der Waals surface area contributed by atoms with Crippen LogP contribution < -0.4 is 5.32 Å². The molecule has 0 aromatic carbocycles. The Labute approximate surface area is 198 Å². The number of nitrogens with one attached hydrogen (secondary N) is 1. The van der Waals surface area contributed by atoms with E-state index in [4.69, 9.17) is 0 Å². The molecule has 4 aromatic rings. The Kier molecular flexibility index (Phi) is 5.75. The maximum Gasteiger partial charge on any atom is 0.408 e. The monoisotopic (exact) mass is 479 g/mol. The second-order valence-electron chi connectivity index (χ2n) is 8.32. The van der Waals surface area contributed by atoms with Crippen LogP contribution in [0.2, 0.25) is 0 Å². The Balaban J connectivity index is 1.35. The molecular weight excluding hydrogens is 459 g/mol. The highest BCUT2D eigenvalue weighted by atomic mass is 19.4. The number of anilines is 1. The molecule has 1 fully saturated rings. The second kappa shape index (κ2) is 8.90. The lowest BCUT2D eigenvalue weighted by Gasteiger charge is -2.18. The summed E-state index contributed by atoms with van der Waals surface area (Å²) in [5, 5.41) is 10.0. The van der Waals surface area contributed by atoms with Gasteiger partial charge in [0, 0.05) is 29.6 Å². The lowest BCUT2D eigenvalue weighted by Crippen LogP contribution is -2.24. The molecule has 178 valence electrons. The van der Waals surface area contributed by atoms with Crippen molar-refractivity contribution in [2.45, 2.75) is 37.9 Å². The van der Waals surface area contributed by atoms with Crippen molar-refractivity contribution in [3.05, 3.63) is 72.6 Å². The number of hydrogen-bond donors (Lipinski definition) is 1. The number of carbonyl (C=O) groups is 1. The fourth-order valence-corrected chi connectivity index (χ4v) is 3.61. The number of alkyl halides is 3. The van der Waals surface area contributed by atoms with Crippen LogP contribution >= 0.6 is 0 Å². The minimum Gasteiger partial charge on any atom is -0.305 e. The van der Waals surface area contributed by atoms with Crippen molar-refractivity contribution in [2.24, 2.45) is 0 Å². The molecule has 0 aliphatic heterocycles. The number of nitrogens with zero attached hydrogens (tertiary/aromatic N) is 6. The van der Waals surface area contributed by atoms with Crippen LogP contribution in [0.15, 0.2) is 61.2 Å². The Hall–Kier alpha value is -4.15. The molecule has 0 saturated heterocycles. The predicted octanol–water partition coefficient (Wildman–Crippen LogP) is 5.05. The zero-order valence-corrected chi connectivity index (χ0v) is 18.6. The molecule has 35 heavy (non-hydrogen) atoms. The van der Waals surface area contributed by atoms with E-state index in [9.17, 15) is 18.0 Å². The van der Waals surface area contributed by atoms with E-state index in [1.165, 1.54) is 31.2 Å². The van der Waals surface area contributed by atoms with Gasteiger partial charge in [0.15, 0.2) is 5.82 Å². The minimum absolute atomic E-state index is 0.0619. The number of carbonyl (C=O) groups excluding carboxylic acids is 1. The summed E-state index contributed by atoms with van der Waals surface area (Å²) < 4.78 is 40.5. The van der Waals surface area contributed by atoms with Gasteiger partial charge in [-0.2, -0.15) is 13.2 Å². The van der Waals surface area contributed by atoms with Crippen molar-refractivity contribution < 1.29 is 18.0 Å². The molecular formula is C24H20F3N7O. The highest BCUT2D eigenvalue weighted by Crippen LogP contribution is 2.39. The maximum atomic E-state index is 13.2. The predicted molar refractivity (Wildman–Crippen MR) is 121 cm³/mol. The largest absolute Gasteiger partial charge is 0.408 e. The molecule has 1 amide bonds. The van der Waals surface area contributed by atoms with Crippen molar-refractivity contribution in [3.8, 4) is 22.6 Å². The van der Waals surface area contributed by atoms with Gasteiger partial charge in [0.25, 0.3) is 5.91 Å². The first kappa shape index (κ1) is 22.6. The average Bonchev–Trinajstić information content (AvgIpc) is 3.59. The number of rotatable bonds is 6. The Morgan fingerprint density at radius 1 is 1.11 bits per heavy atom. The van der Waals surface area contributed by atoms with Gasteiger partial charge in [-0.1, -0.05) is 12.1 Å². The molecule has 0 spiro atoms. The van der Waals surface area contributed by atoms with Crippen LogP contribution in [0.5, 0.6) is 0 Å². The van der Waals surface area contributed by atoms with Gasteiger partial charge < -0.3 is 9.88 Å². The molecule has 8 nitrogen and oxygen atoms in total. The summed E-state index contributed by atoms with van der Waals surface area (Å²) in [7, 11) is 0. The van der Waals surface area contributed by atoms with E-state index in [2.05, 4.69) is 30.5 Å². The van der Waals surface area contributed by atoms with Crippen LogP contribution in [-0.2, 0) is 0 Å². The lowest BCUT2D eigenvalue weighted by molar-refractivity contribution is -0.162. The van der Waals surface area contributed by atoms with Crippen molar-refractivity contribution in [3.63, 3.8) is 0 Å². The number of pyridine rings is 3. The molecule has 0 unspecified atom stereocenters. The smallest absolute Gasteiger partial charge is 0.305 e. The zero-order valence-electron chi connectivity index (χ0n) is 18.6. The van der Waals surface area contributed by atoms with E-state index < -0.39 is 18.1 Å². The molecule has 1 atom stereocenters. The highest BCUT2D eigenvalue weighted by Gasteiger charge is 2.38. The molecule has 1 aliphatic rings. The van der Waals surface area contributed by atoms with Gasteiger partial charge >= 0.3 is 6.18 Å². The van der Waals surface area contributed by atoms with E-state index in [-0.39, 0.29) is 23.0 Å². The third-order valence-electron chi connectivity index (χ3n) is 5.79. The Morgan fingerprint density at radius 3 is 2.66 bits per heavy atom. The molecule has 11 heteroatoms. The minimum atomic E-state index is -4.48. The first-order chi connectivity index (χ1) is 16.8. The molecule has 0 radical (unpaired) electrons.